The van der Waals surface area contributed by atoms with Crippen LogP contribution in [-0.2, 0) is 6.42 Å². The van der Waals surface area contributed by atoms with Gasteiger partial charge in [-0.25, -0.2) is 0 Å². The number of aliphatic hydroxyl groups is 1. The topological polar surface area (TPSA) is 29.5 Å². The first kappa shape index (κ1) is 12.2. The molecule has 0 aromatic heterocycles. The van der Waals surface area contributed by atoms with E-state index in [-0.39, 0.29) is 6.10 Å². The van der Waals surface area contributed by atoms with Gasteiger partial charge in [0.2, 0.25) is 0 Å². The van der Waals surface area contributed by atoms with E-state index in [0.29, 0.717) is 6.42 Å². The average Bonchev–Trinajstić information content (AvgIpc) is 2.41. The summed E-state index contributed by atoms with van der Waals surface area (Å²) in [5.41, 5.74) is 3.32. The van der Waals surface area contributed by atoms with Crippen LogP contribution >= 0.6 is 0 Å². The number of fused-ring (bicyclic) bond motifs is 1. The molecule has 19 heavy (non-hydrogen) atoms. The van der Waals surface area contributed by atoms with Gasteiger partial charge in [0.1, 0.15) is 11.9 Å². The lowest BCUT2D eigenvalue weighted by atomic mass is 9.94. The van der Waals surface area contributed by atoms with Crippen LogP contribution in [0.15, 0.2) is 48.5 Å². The summed E-state index contributed by atoms with van der Waals surface area (Å²) in [5.74, 6) is 0.824. The lowest BCUT2D eigenvalue weighted by Gasteiger charge is -2.30. The predicted molar refractivity (Wildman–Crippen MR) is 75.3 cm³/mol. The standard InChI is InChI=1S/C17H18O2/c1-12-7-8-17-15(9-12)16(18)11-14(19-17)10-13-5-3-2-4-6-13/h2-9,14,16,18H,10-11H2,1H3. The molecule has 1 aliphatic rings. The maximum absolute atomic E-state index is 10.3. The van der Waals surface area contributed by atoms with Crippen LogP contribution < -0.4 is 4.74 Å². The zero-order valence-corrected chi connectivity index (χ0v) is 11.0. The van der Waals surface area contributed by atoms with Gasteiger partial charge < -0.3 is 9.84 Å². The van der Waals surface area contributed by atoms with Crippen LogP contribution in [0.5, 0.6) is 5.75 Å². The van der Waals surface area contributed by atoms with E-state index in [1.807, 2.05) is 43.3 Å². The molecule has 0 fully saturated rings. The molecular formula is C17H18O2. The van der Waals surface area contributed by atoms with Crippen molar-refractivity contribution in [3.05, 3.63) is 65.2 Å². The Morgan fingerprint density at radius 3 is 2.74 bits per heavy atom. The maximum Gasteiger partial charge on any atom is 0.125 e. The molecule has 2 unspecified atom stereocenters. The molecule has 2 aromatic rings. The first-order chi connectivity index (χ1) is 9.22. The van der Waals surface area contributed by atoms with Crippen molar-refractivity contribution in [3.63, 3.8) is 0 Å². The fourth-order valence-electron chi connectivity index (χ4n) is 2.64. The second-order valence-electron chi connectivity index (χ2n) is 5.22. The lowest BCUT2D eigenvalue weighted by molar-refractivity contribution is 0.0662. The van der Waals surface area contributed by atoms with Gasteiger partial charge in [-0.2, -0.15) is 0 Å². The second-order valence-corrected chi connectivity index (χ2v) is 5.22. The van der Waals surface area contributed by atoms with Crippen molar-refractivity contribution >= 4 is 0 Å². The Morgan fingerprint density at radius 1 is 1.16 bits per heavy atom. The summed E-state index contributed by atoms with van der Waals surface area (Å²) in [7, 11) is 0. The van der Waals surface area contributed by atoms with Crippen LogP contribution in [0.25, 0.3) is 0 Å². The van der Waals surface area contributed by atoms with Gasteiger partial charge in [-0.1, -0.05) is 42.0 Å². The van der Waals surface area contributed by atoms with E-state index >= 15 is 0 Å². The van der Waals surface area contributed by atoms with Gasteiger partial charge in [-0.05, 0) is 24.6 Å². The number of aryl methyl sites for hydroxylation is 1. The Hall–Kier alpha value is -1.80. The third-order valence-electron chi connectivity index (χ3n) is 3.61. The Labute approximate surface area is 113 Å². The minimum absolute atomic E-state index is 0.0487. The molecule has 1 N–H and O–H groups in total. The predicted octanol–water partition coefficient (Wildman–Crippen LogP) is 3.42. The SMILES string of the molecule is Cc1ccc2c(c1)C(O)CC(Cc1ccccc1)O2. The molecule has 98 valence electrons. The van der Waals surface area contributed by atoms with E-state index in [9.17, 15) is 5.11 Å². The molecule has 2 aromatic carbocycles. The molecule has 0 bridgehead atoms. The molecule has 2 heteroatoms. The molecule has 0 radical (unpaired) electrons. The number of ether oxygens (including phenoxy) is 1. The molecule has 3 rings (SSSR count). The van der Waals surface area contributed by atoms with E-state index in [1.165, 1.54) is 5.56 Å². The van der Waals surface area contributed by atoms with E-state index in [1.54, 1.807) is 0 Å². The number of aliphatic hydroxyl groups excluding tert-OH is 1. The summed E-state index contributed by atoms with van der Waals surface area (Å²) < 4.78 is 6.00. The summed E-state index contributed by atoms with van der Waals surface area (Å²) in [6.07, 6.45) is 1.13. The number of hydrogen-bond donors (Lipinski definition) is 1. The summed E-state index contributed by atoms with van der Waals surface area (Å²) >= 11 is 0. The average molecular weight is 254 g/mol. The Kier molecular flexibility index (Phi) is 3.26. The molecule has 2 nitrogen and oxygen atoms in total. The molecule has 0 saturated carbocycles. The third kappa shape index (κ3) is 2.64. The molecule has 0 saturated heterocycles. The molecule has 0 amide bonds. The largest absolute Gasteiger partial charge is 0.490 e. The van der Waals surface area contributed by atoms with Gasteiger partial charge in [-0.3, -0.25) is 0 Å². The van der Waals surface area contributed by atoms with Gasteiger partial charge in [0, 0.05) is 18.4 Å². The van der Waals surface area contributed by atoms with Crippen molar-refractivity contribution in [2.24, 2.45) is 0 Å². The highest BCUT2D eigenvalue weighted by Crippen LogP contribution is 2.36. The van der Waals surface area contributed by atoms with Crippen molar-refractivity contribution in [2.75, 3.05) is 0 Å². The van der Waals surface area contributed by atoms with E-state index in [4.69, 9.17) is 4.74 Å². The van der Waals surface area contributed by atoms with Crippen LogP contribution in [0.1, 0.15) is 29.2 Å². The number of rotatable bonds is 2. The zero-order valence-electron chi connectivity index (χ0n) is 11.0. The number of benzene rings is 2. The quantitative estimate of drug-likeness (QED) is 0.889. The van der Waals surface area contributed by atoms with Crippen LogP contribution in [0.3, 0.4) is 0 Å². The third-order valence-corrected chi connectivity index (χ3v) is 3.61. The van der Waals surface area contributed by atoms with Crippen molar-refractivity contribution in [1.29, 1.82) is 0 Å². The normalized spacial score (nSPS) is 21.6. The fraction of sp³-hybridized carbons (Fsp3) is 0.294. The van der Waals surface area contributed by atoms with Crippen molar-refractivity contribution in [1.82, 2.24) is 0 Å². The van der Waals surface area contributed by atoms with Crippen molar-refractivity contribution < 1.29 is 9.84 Å². The summed E-state index contributed by atoms with van der Waals surface area (Å²) in [6.45, 7) is 2.03. The van der Waals surface area contributed by atoms with E-state index in [2.05, 4.69) is 12.1 Å². The first-order valence-corrected chi connectivity index (χ1v) is 6.71. The molecular weight excluding hydrogens is 236 g/mol. The molecule has 1 aliphatic heterocycles. The van der Waals surface area contributed by atoms with Gasteiger partial charge in [0.05, 0.1) is 6.10 Å². The van der Waals surface area contributed by atoms with Gasteiger partial charge >= 0.3 is 0 Å². The smallest absolute Gasteiger partial charge is 0.125 e. The van der Waals surface area contributed by atoms with E-state index < -0.39 is 6.10 Å². The van der Waals surface area contributed by atoms with Crippen molar-refractivity contribution in [3.8, 4) is 5.75 Å². The van der Waals surface area contributed by atoms with Gasteiger partial charge in [0.25, 0.3) is 0 Å². The summed E-state index contributed by atoms with van der Waals surface area (Å²) in [5, 5.41) is 10.3. The Balaban J connectivity index is 1.80. The second kappa shape index (κ2) is 5.06. The number of hydrogen-bond acceptors (Lipinski definition) is 2. The first-order valence-electron chi connectivity index (χ1n) is 6.71. The molecule has 1 heterocycles. The van der Waals surface area contributed by atoms with Crippen LogP contribution in [-0.4, -0.2) is 11.2 Å². The highest BCUT2D eigenvalue weighted by atomic mass is 16.5. The Morgan fingerprint density at radius 2 is 1.95 bits per heavy atom. The van der Waals surface area contributed by atoms with Gasteiger partial charge in [-0.15, -0.1) is 0 Å². The monoisotopic (exact) mass is 254 g/mol. The lowest BCUT2D eigenvalue weighted by Crippen LogP contribution is -2.27. The molecule has 2 atom stereocenters. The summed E-state index contributed by atoms with van der Waals surface area (Å²) in [4.78, 5) is 0. The summed E-state index contributed by atoms with van der Waals surface area (Å²) in [6, 6.07) is 16.3. The highest BCUT2D eigenvalue weighted by Gasteiger charge is 2.26. The molecule has 0 aliphatic carbocycles. The van der Waals surface area contributed by atoms with E-state index in [0.717, 1.165) is 23.3 Å². The van der Waals surface area contributed by atoms with Crippen LogP contribution in [0, 0.1) is 6.92 Å². The highest BCUT2D eigenvalue weighted by molar-refractivity contribution is 5.40. The van der Waals surface area contributed by atoms with Gasteiger partial charge in [0.15, 0.2) is 0 Å². The van der Waals surface area contributed by atoms with Crippen LogP contribution in [0.4, 0.5) is 0 Å². The minimum atomic E-state index is -0.419. The zero-order chi connectivity index (χ0) is 13.2. The molecule has 0 spiro atoms. The fourth-order valence-corrected chi connectivity index (χ4v) is 2.64. The van der Waals surface area contributed by atoms with Crippen LogP contribution in [0.2, 0.25) is 0 Å². The van der Waals surface area contributed by atoms with Crippen molar-refractivity contribution in [2.45, 2.75) is 32.0 Å². The minimum Gasteiger partial charge on any atom is -0.490 e. The Bertz CT molecular complexity index is 563. The maximum atomic E-state index is 10.3.